The van der Waals surface area contributed by atoms with E-state index in [-0.39, 0.29) is 5.97 Å². The summed E-state index contributed by atoms with van der Waals surface area (Å²) in [6, 6.07) is 12.1. The molecule has 3 heterocycles. The van der Waals surface area contributed by atoms with Crippen LogP contribution in [0.4, 0.5) is 0 Å². The average molecular weight is 364 g/mol. The van der Waals surface area contributed by atoms with E-state index < -0.39 is 6.23 Å². The van der Waals surface area contributed by atoms with Gasteiger partial charge >= 0.3 is 5.97 Å². The molecule has 0 bridgehead atoms. The number of carbonyl (C=O) groups excluding carboxylic acids is 1. The molecule has 2 aromatic carbocycles. The number of carbonyl (C=O) groups is 1. The summed E-state index contributed by atoms with van der Waals surface area (Å²) < 4.78 is 16.5. The lowest BCUT2D eigenvalue weighted by Gasteiger charge is -2.31. The summed E-state index contributed by atoms with van der Waals surface area (Å²) in [6.45, 7) is 1.52. The average Bonchev–Trinajstić information content (AvgIpc) is 3.24. The smallest absolute Gasteiger partial charge is 0.344 e. The molecule has 6 nitrogen and oxygen atoms in total. The van der Waals surface area contributed by atoms with Crippen molar-refractivity contribution in [1.82, 2.24) is 9.88 Å². The van der Waals surface area contributed by atoms with Crippen LogP contribution in [-0.2, 0) is 17.7 Å². The summed E-state index contributed by atoms with van der Waals surface area (Å²) in [5, 5.41) is 1.28. The number of fused-ring (bicyclic) bond motifs is 4. The van der Waals surface area contributed by atoms with Crippen molar-refractivity contribution in [1.29, 1.82) is 0 Å². The lowest BCUT2D eigenvalue weighted by molar-refractivity contribution is -0.0295. The van der Waals surface area contributed by atoms with Gasteiger partial charge in [0.25, 0.3) is 0 Å². The van der Waals surface area contributed by atoms with E-state index in [1.807, 2.05) is 18.2 Å². The van der Waals surface area contributed by atoms with Gasteiger partial charge in [-0.3, -0.25) is 4.90 Å². The van der Waals surface area contributed by atoms with Crippen LogP contribution in [0.25, 0.3) is 10.9 Å². The fourth-order valence-electron chi connectivity index (χ4n) is 4.27. The number of rotatable bonds is 3. The number of aromatic nitrogens is 1. The van der Waals surface area contributed by atoms with Crippen LogP contribution < -0.4 is 9.47 Å². The Balaban J connectivity index is 1.52. The van der Waals surface area contributed by atoms with Gasteiger partial charge in [0.15, 0.2) is 17.7 Å². The molecule has 27 heavy (non-hydrogen) atoms. The van der Waals surface area contributed by atoms with Crippen molar-refractivity contribution in [2.45, 2.75) is 19.2 Å². The van der Waals surface area contributed by atoms with Gasteiger partial charge in [-0.15, -0.1) is 0 Å². The van der Waals surface area contributed by atoms with Gasteiger partial charge in [-0.25, -0.2) is 4.79 Å². The molecule has 0 fully saturated rings. The Hall–Kier alpha value is -2.99. The van der Waals surface area contributed by atoms with Crippen LogP contribution in [0.2, 0.25) is 0 Å². The molecule has 6 heteroatoms. The summed E-state index contributed by atoms with van der Waals surface area (Å²) >= 11 is 0. The summed E-state index contributed by atoms with van der Waals surface area (Å²) in [5.41, 5.74) is 4.99. The fourth-order valence-corrected chi connectivity index (χ4v) is 4.27. The zero-order chi connectivity index (χ0) is 18.5. The lowest BCUT2D eigenvalue weighted by Crippen LogP contribution is -2.34. The van der Waals surface area contributed by atoms with Crippen molar-refractivity contribution < 1.29 is 19.0 Å². The SMILES string of the molecule is COc1ccc2c(c1OC)C(=O)O[C@H]2N1CCc2c([nH]c3ccccc23)C1. The number of methoxy groups -OCH3 is 2. The zero-order valence-corrected chi connectivity index (χ0v) is 15.2. The van der Waals surface area contributed by atoms with Gasteiger partial charge < -0.3 is 19.2 Å². The third kappa shape index (κ3) is 2.33. The molecule has 0 unspecified atom stereocenters. The fraction of sp³-hybridized carbons (Fsp3) is 0.286. The van der Waals surface area contributed by atoms with E-state index in [1.54, 1.807) is 7.11 Å². The van der Waals surface area contributed by atoms with Gasteiger partial charge in [-0.05, 0) is 30.2 Å². The quantitative estimate of drug-likeness (QED) is 0.722. The molecule has 5 rings (SSSR count). The van der Waals surface area contributed by atoms with Crippen LogP contribution in [0.5, 0.6) is 11.5 Å². The Labute approximate surface area is 156 Å². The summed E-state index contributed by atoms with van der Waals surface area (Å²) in [7, 11) is 3.10. The second kappa shape index (κ2) is 6.03. The Kier molecular flexibility index (Phi) is 3.62. The number of hydrogen-bond acceptors (Lipinski definition) is 5. The van der Waals surface area contributed by atoms with Crippen LogP contribution in [0, 0.1) is 0 Å². The van der Waals surface area contributed by atoms with Crippen molar-refractivity contribution in [3.63, 3.8) is 0 Å². The van der Waals surface area contributed by atoms with Gasteiger partial charge in [0.1, 0.15) is 5.56 Å². The Morgan fingerprint density at radius 3 is 2.81 bits per heavy atom. The minimum Gasteiger partial charge on any atom is -0.493 e. The third-order valence-electron chi connectivity index (χ3n) is 5.51. The first-order valence-electron chi connectivity index (χ1n) is 8.99. The van der Waals surface area contributed by atoms with E-state index in [9.17, 15) is 4.79 Å². The number of ether oxygens (including phenoxy) is 3. The van der Waals surface area contributed by atoms with E-state index in [2.05, 4.69) is 28.1 Å². The normalized spacial score (nSPS) is 18.9. The molecular formula is C21H20N2O4. The predicted molar refractivity (Wildman–Crippen MR) is 100 cm³/mol. The van der Waals surface area contributed by atoms with Crippen LogP contribution in [0.1, 0.15) is 33.4 Å². The number of benzene rings is 2. The maximum absolute atomic E-state index is 12.6. The summed E-state index contributed by atoms with van der Waals surface area (Å²) in [5.74, 6) is 0.601. The van der Waals surface area contributed by atoms with Crippen molar-refractivity contribution in [3.8, 4) is 11.5 Å². The van der Waals surface area contributed by atoms with Crippen molar-refractivity contribution in [2.24, 2.45) is 0 Å². The first-order chi connectivity index (χ1) is 13.2. The van der Waals surface area contributed by atoms with Gasteiger partial charge in [0, 0.05) is 35.2 Å². The molecule has 0 spiro atoms. The number of aromatic amines is 1. The Morgan fingerprint density at radius 2 is 2.00 bits per heavy atom. The van der Waals surface area contributed by atoms with E-state index in [0.717, 1.165) is 24.0 Å². The molecule has 3 aromatic rings. The molecule has 1 N–H and O–H groups in total. The molecule has 0 aliphatic carbocycles. The van der Waals surface area contributed by atoms with Gasteiger partial charge in [0.2, 0.25) is 0 Å². The molecule has 0 saturated heterocycles. The molecule has 0 saturated carbocycles. The van der Waals surface area contributed by atoms with Crippen LogP contribution in [0.15, 0.2) is 36.4 Å². The highest BCUT2D eigenvalue weighted by molar-refractivity contribution is 5.98. The van der Waals surface area contributed by atoms with E-state index in [4.69, 9.17) is 14.2 Å². The van der Waals surface area contributed by atoms with Crippen molar-refractivity contribution in [2.75, 3.05) is 20.8 Å². The number of nitrogens with zero attached hydrogens (tertiary/aromatic N) is 1. The summed E-state index contributed by atoms with van der Waals surface area (Å²) in [6.07, 6.45) is 0.502. The number of nitrogens with one attached hydrogen (secondary N) is 1. The third-order valence-corrected chi connectivity index (χ3v) is 5.51. The molecule has 138 valence electrons. The minimum atomic E-state index is -0.410. The number of hydrogen-bond donors (Lipinski definition) is 1. The molecule has 0 amide bonds. The molecule has 2 aliphatic rings. The molecule has 2 aliphatic heterocycles. The topological polar surface area (TPSA) is 63.8 Å². The molecule has 0 radical (unpaired) electrons. The number of cyclic esters (lactones) is 1. The van der Waals surface area contributed by atoms with Crippen molar-refractivity contribution >= 4 is 16.9 Å². The second-order valence-electron chi connectivity index (χ2n) is 6.87. The number of H-pyrrole nitrogens is 1. The largest absolute Gasteiger partial charge is 0.493 e. The standard InChI is InChI=1S/C21H20N2O4/c1-25-17-8-7-14-18(19(17)26-2)21(24)27-20(14)23-10-9-13-12-5-3-4-6-15(12)22-16(13)11-23/h3-8,20,22H,9-11H2,1-2H3/t20-/m1/s1. The Bertz CT molecular complexity index is 1060. The summed E-state index contributed by atoms with van der Waals surface area (Å²) in [4.78, 5) is 18.3. The van der Waals surface area contributed by atoms with Crippen molar-refractivity contribution in [3.05, 3.63) is 58.8 Å². The highest BCUT2D eigenvalue weighted by atomic mass is 16.6. The van der Waals surface area contributed by atoms with Crippen LogP contribution >= 0.6 is 0 Å². The first kappa shape index (κ1) is 16.2. The van der Waals surface area contributed by atoms with Gasteiger partial charge in [-0.1, -0.05) is 18.2 Å². The maximum Gasteiger partial charge on any atom is 0.344 e. The number of para-hydroxylation sites is 1. The molecule has 1 atom stereocenters. The predicted octanol–water partition coefficient (Wildman–Crippen LogP) is 3.41. The first-order valence-corrected chi connectivity index (χ1v) is 8.99. The molecule has 1 aromatic heterocycles. The highest BCUT2D eigenvalue weighted by Gasteiger charge is 2.40. The monoisotopic (exact) mass is 364 g/mol. The van der Waals surface area contributed by atoms with Gasteiger partial charge in [-0.2, -0.15) is 0 Å². The van der Waals surface area contributed by atoms with E-state index in [1.165, 1.54) is 23.8 Å². The maximum atomic E-state index is 12.6. The van der Waals surface area contributed by atoms with Crippen LogP contribution in [-0.4, -0.2) is 36.6 Å². The van der Waals surface area contributed by atoms with Crippen LogP contribution in [0.3, 0.4) is 0 Å². The Morgan fingerprint density at radius 1 is 1.15 bits per heavy atom. The van der Waals surface area contributed by atoms with E-state index >= 15 is 0 Å². The van der Waals surface area contributed by atoms with Gasteiger partial charge in [0.05, 0.1) is 14.2 Å². The number of esters is 1. The minimum absolute atomic E-state index is 0.367. The zero-order valence-electron chi connectivity index (χ0n) is 15.2. The van der Waals surface area contributed by atoms with E-state index in [0.29, 0.717) is 23.6 Å². The highest BCUT2D eigenvalue weighted by Crippen LogP contribution is 2.44. The lowest BCUT2D eigenvalue weighted by atomic mass is 10.0. The molecular weight excluding hydrogens is 344 g/mol. The second-order valence-corrected chi connectivity index (χ2v) is 6.87.